The molecule has 0 aromatic carbocycles. The van der Waals surface area contributed by atoms with Crippen molar-refractivity contribution < 1.29 is 9.53 Å². The van der Waals surface area contributed by atoms with E-state index in [0.29, 0.717) is 17.8 Å². The van der Waals surface area contributed by atoms with Crippen molar-refractivity contribution in [1.29, 1.82) is 0 Å². The second-order valence-electron chi connectivity index (χ2n) is 9.98. The second-order valence-corrected chi connectivity index (χ2v) is 9.98. The average molecular weight is 333 g/mol. The molecule has 0 N–H and O–H groups in total. The van der Waals surface area contributed by atoms with Crippen molar-refractivity contribution >= 4 is 5.78 Å². The number of rotatable bonds is 3. The van der Waals surface area contributed by atoms with E-state index in [9.17, 15) is 4.79 Å². The molecular weight excluding hydrogens is 296 g/mol. The Bertz CT molecular complexity index is 500. The molecule has 4 rings (SSSR count). The van der Waals surface area contributed by atoms with Gasteiger partial charge < -0.3 is 4.74 Å². The van der Waals surface area contributed by atoms with E-state index in [1.807, 2.05) is 0 Å². The van der Waals surface area contributed by atoms with Gasteiger partial charge in [0.1, 0.15) is 6.61 Å². The third-order valence-electron chi connectivity index (χ3n) is 9.26. The van der Waals surface area contributed by atoms with Crippen molar-refractivity contribution in [3.05, 3.63) is 0 Å². The van der Waals surface area contributed by atoms with Crippen LogP contribution in [0.25, 0.3) is 0 Å². The first-order valence-electron chi connectivity index (χ1n) is 10.5. The van der Waals surface area contributed by atoms with Gasteiger partial charge in [0.15, 0.2) is 5.78 Å². The fourth-order valence-corrected chi connectivity index (χ4v) is 8.07. The fourth-order valence-electron chi connectivity index (χ4n) is 8.07. The lowest BCUT2D eigenvalue weighted by Gasteiger charge is -2.60. The van der Waals surface area contributed by atoms with E-state index >= 15 is 0 Å². The van der Waals surface area contributed by atoms with E-state index in [4.69, 9.17) is 4.74 Å². The SMILES string of the molecule is COCC(=O)[C@H]1CC[C@H]2[C@@H]3CCC4CCCC[C@]4(C)[C@H]3CC[C@]12C. The molecule has 0 amide bonds. The number of hydrogen-bond donors (Lipinski definition) is 0. The summed E-state index contributed by atoms with van der Waals surface area (Å²) in [5.41, 5.74) is 0.867. The average Bonchev–Trinajstić information content (AvgIpc) is 2.92. The van der Waals surface area contributed by atoms with Crippen LogP contribution in [0.1, 0.15) is 78.1 Å². The zero-order valence-electron chi connectivity index (χ0n) is 16.0. The van der Waals surface area contributed by atoms with Crippen molar-refractivity contribution in [1.82, 2.24) is 0 Å². The number of hydrogen-bond acceptors (Lipinski definition) is 2. The molecule has 0 saturated heterocycles. The number of fused-ring (bicyclic) bond motifs is 5. The summed E-state index contributed by atoms with van der Waals surface area (Å²) >= 11 is 0. The Kier molecular flexibility index (Phi) is 4.34. The highest BCUT2D eigenvalue weighted by molar-refractivity contribution is 5.83. The zero-order valence-corrected chi connectivity index (χ0v) is 16.0. The van der Waals surface area contributed by atoms with Crippen LogP contribution >= 0.6 is 0 Å². The molecule has 4 aliphatic carbocycles. The first-order chi connectivity index (χ1) is 11.5. The maximum Gasteiger partial charge on any atom is 0.162 e. The van der Waals surface area contributed by atoms with Crippen LogP contribution in [0.5, 0.6) is 0 Å². The predicted molar refractivity (Wildman–Crippen MR) is 96.7 cm³/mol. The zero-order chi connectivity index (χ0) is 16.9. The molecule has 4 saturated carbocycles. The Morgan fingerprint density at radius 2 is 1.71 bits per heavy atom. The summed E-state index contributed by atoms with van der Waals surface area (Å²) in [6.45, 7) is 5.41. The van der Waals surface area contributed by atoms with Crippen LogP contribution < -0.4 is 0 Å². The molecule has 0 spiro atoms. The van der Waals surface area contributed by atoms with Gasteiger partial charge in [-0.15, -0.1) is 0 Å². The Balaban J connectivity index is 1.58. The molecule has 4 fully saturated rings. The molecule has 0 aromatic rings. The van der Waals surface area contributed by atoms with Crippen molar-refractivity contribution in [3.8, 4) is 0 Å². The van der Waals surface area contributed by atoms with Crippen molar-refractivity contribution in [3.63, 3.8) is 0 Å². The highest BCUT2D eigenvalue weighted by Gasteiger charge is 2.60. The lowest BCUT2D eigenvalue weighted by atomic mass is 9.45. The quantitative estimate of drug-likeness (QED) is 0.705. The van der Waals surface area contributed by atoms with Crippen LogP contribution in [0.4, 0.5) is 0 Å². The summed E-state index contributed by atoms with van der Waals surface area (Å²) in [6, 6.07) is 0. The molecule has 0 bridgehead atoms. The third kappa shape index (κ3) is 2.35. The van der Waals surface area contributed by atoms with Crippen LogP contribution in [0.3, 0.4) is 0 Å². The molecule has 0 aliphatic heterocycles. The van der Waals surface area contributed by atoms with Crippen LogP contribution in [0.15, 0.2) is 0 Å². The largest absolute Gasteiger partial charge is 0.377 e. The molecule has 1 unspecified atom stereocenters. The number of carbonyl (C=O) groups excluding carboxylic acids is 1. The normalized spacial score (nSPS) is 50.7. The number of Topliss-reactive ketones (excluding diaryl/α,β-unsaturated/α-hetero) is 1. The predicted octanol–water partition coefficient (Wildman–Crippen LogP) is 5.25. The first-order valence-corrected chi connectivity index (χ1v) is 10.5. The lowest BCUT2D eigenvalue weighted by molar-refractivity contribution is -0.138. The molecule has 136 valence electrons. The van der Waals surface area contributed by atoms with Crippen molar-refractivity contribution in [2.45, 2.75) is 78.1 Å². The van der Waals surface area contributed by atoms with Gasteiger partial charge in [0.2, 0.25) is 0 Å². The van der Waals surface area contributed by atoms with Gasteiger partial charge in [-0.2, -0.15) is 0 Å². The van der Waals surface area contributed by atoms with Gasteiger partial charge in [-0.1, -0.05) is 26.7 Å². The molecule has 2 nitrogen and oxygen atoms in total. The number of carbonyl (C=O) groups is 1. The van der Waals surface area contributed by atoms with E-state index < -0.39 is 0 Å². The first kappa shape index (κ1) is 17.1. The summed E-state index contributed by atoms with van der Waals surface area (Å²) in [6.07, 6.45) is 13.8. The Hall–Kier alpha value is -0.370. The Labute approximate surface area is 148 Å². The van der Waals surface area contributed by atoms with Gasteiger partial charge in [0.05, 0.1) is 0 Å². The molecule has 24 heavy (non-hydrogen) atoms. The third-order valence-corrected chi connectivity index (χ3v) is 9.26. The van der Waals surface area contributed by atoms with Gasteiger partial charge in [0.25, 0.3) is 0 Å². The minimum absolute atomic E-state index is 0.259. The van der Waals surface area contributed by atoms with E-state index in [0.717, 1.165) is 30.1 Å². The highest BCUT2D eigenvalue weighted by Crippen LogP contribution is 2.67. The minimum atomic E-state index is 0.259. The van der Waals surface area contributed by atoms with Crippen molar-refractivity contribution in [2.75, 3.05) is 13.7 Å². The number of methoxy groups -OCH3 is 1. The summed E-state index contributed by atoms with van der Waals surface area (Å²) < 4.78 is 5.18. The van der Waals surface area contributed by atoms with E-state index in [-0.39, 0.29) is 11.3 Å². The van der Waals surface area contributed by atoms with E-state index in [2.05, 4.69) is 13.8 Å². The van der Waals surface area contributed by atoms with Gasteiger partial charge in [0, 0.05) is 13.0 Å². The maximum atomic E-state index is 12.6. The minimum Gasteiger partial charge on any atom is -0.377 e. The van der Waals surface area contributed by atoms with E-state index in [1.54, 1.807) is 7.11 Å². The summed E-state index contributed by atoms with van der Waals surface area (Å²) in [5, 5.41) is 0. The summed E-state index contributed by atoms with van der Waals surface area (Å²) in [5.74, 6) is 4.25. The Morgan fingerprint density at radius 3 is 2.50 bits per heavy atom. The van der Waals surface area contributed by atoms with Gasteiger partial charge in [-0.25, -0.2) is 0 Å². The molecule has 2 heteroatoms. The maximum absolute atomic E-state index is 12.6. The fraction of sp³-hybridized carbons (Fsp3) is 0.955. The van der Waals surface area contributed by atoms with E-state index in [1.165, 1.54) is 57.8 Å². The lowest BCUT2D eigenvalue weighted by Crippen LogP contribution is -2.53. The van der Waals surface area contributed by atoms with Crippen LogP contribution in [0, 0.1) is 40.4 Å². The molecule has 7 atom stereocenters. The molecular formula is C22H36O2. The van der Waals surface area contributed by atoms with Crippen LogP contribution in [0.2, 0.25) is 0 Å². The second kappa shape index (κ2) is 6.11. The standard InChI is InChI=1S/C22H36O2/c1-21-12-5-4-6-15(21)7-8-16-17-9-10-19(20(23)14-24-3)22(17,2)13-11-18(16)21/h15-19H,4-14H2,1-3H3/t15?,16-,17-,18-,19+,21-,22-/m0/s1. The number of ketones is 1. The van der Waals surface area contributed by atoms with Gasteiger partial charge >= 0.3 is 0 Å². The monoisotopic (exact) mass is 332 g/mol. The van der Waals surface area contributed by atoms with Crippen molar-refractivity contribution in [2.24, 2.45) is 40.4 Å². The molecule has 0 radical (unpaired) electrons. The van der Waals surface area contributed by atoms with Crippen LogP contribution in [-0.4, -0.2) is 19.5 Å². The topological polar surface area (TPSA) is 26.3 Å². The Morgan fingerprint density at radius 1 is 0.917 bits per heavy atom. The molecule has 0 heterocycles. The smallest absolute Gasteiger partial charge is 0.162 e. The molecule has 4 aliphatic rings. The summed E-state index contributed by atoms with van der Waals surface area (Å²) in [7, 11) is 1.66. The number of ether oxygens (including phenoxy) is 1. The van der Waals surface area contributed by atoms with Crippen LogP contribution in [-0.2, 0) is 9.53 Å². The van der Waals surface area contributed by atoms with Gasteiger partial charge in [-0.05, 0) is 85.9 Å². The van der Waals surface area contributed by atoms with Gasteiger partial charge in [-0.3, -0.25) is 4.79 Å². The summed E-state index contributed by atoms with van der Waals surface area (Å²) in [4.78, 5) is 12.6. The molecule has 0 aromatic heterocycles. The highest BCUT2D eigenvalue weighted by atomic mass is 16.5.